The number of hydrogen-bond acceptors (Lipinski definition) is 3. The molecule has 1 amide bonds. The summed E-state index contributed by atoms with van der Waals surface area (Å²) in [6.07, 6.45) is 0. The highest BCUT2D eigenvalue weighted by Crippen LogP contribution is 2.14. The van der Waals surface area contributed by atoms with Crippen LogP contribution in [0.1, 0.15) is 24.2 Å². The molecule has 2 rings (SSSR count). The standard InChI is InChI=1S/C14H16N2O3/c1-14(2,19)8-15-13(18)10-7-12(17)16-11-6-4-3-5-9(10)11/h3-7,19H,8H2,1-2H3,(H,15,18)(H,16,17). The van der Waals surface area contributed by atoms with Crippen molar-refractivity contribution in [1.82, 2.24) is 10.3 Å². The van der Waals surface area contributed by atoms with Crippen LogP contribution in [0.4, 0.5) is 0 Å². The van der Waals surface area contributed by atoms with Crippen molar-refractivity contribution < 1.29 is 9.90 Å². The number of carbonyl (C=O) groups excluding carboxylic acids is 1. The van der Waals surface area contributed by atoms with E-state index in [1.165, 1.54) is 6.07 Å². The molecule has 0 aliphatic carbocycles. The summed E-state index contributed by atoms with van der Waals surface area (Å²) < 4.78 is 0. The minimum Gasteiger partial charge on any atom is -0.389 e. The Bertz CT molecular complexity index is 668. The van der Waals surface area contributed by atoms with E-state index < -0.39 is 5.60 Å². The zero-order valence-corrected chi connectivity index (χ0v) is 10.9. The summed E-state index contributed by atoms with van der Waals surface area (Å²) in [5, 5.41) is 12.9. The molecule has 0 spiro atoms. The largest absolute Gasteiger partial charge is 0.389 e. The molecule has 1 aromatic heterocycles. The van der Waals surface area contributed by atoms with Gasteiger partial charge in [0.15, 0.2) is 0 Å². The first-order chi connectivity index (χ1) is 8.87. The number of aromatic amines is 1. The molecular formula is C14H16N2O3. The molecule has 3 N–H and O–H groups in total. The first-order valence-electron chi connectivity index (χ1n) is 5.99. The van der Waals surface area contributed by atoms with Crippen LogP contribution < -0.4 is 10.9 Å². The molecule has 1 heterocycles. The second-order valence-corrected chi connectivity index (χ2v) is 5.09. The minimum absolute atomic E-state index is 0.118. The van der Waals surface area contributed by atoms with Gasteiger partial charge in [-0.1, -0.05) is 18.2 Å². The van der Waals surface area contributed by atoms with Crippen molar-refractivity contribution in [3.05, 3.63) is 46.2 Å². The smallest absolute Gasteiger partial charge is 0.252 e. The predicted molar refractivity (Wildman–Crippen MR) is 73.2 cm³/mol. The maximum atomic E-state index is 12.1. The Morgan fingerprint density at radius 2 is 2.05 bits per heavy atom. The van der Waals surface area contributed by atoms with E-state index in [1.807, 2.05) is 0 Å². The lowest BCUT2D eigenvalue weighted by Gasteiger charge is -2.17. The fraction of sp³-hybridized carbons (Fsp3) is 0.286. The van der Waals surface area contributed by atoms with Gasteiger partial charge in [0, 0.05) is 23.5 Å². The third kappa shape index (κ3) is 3.20. The van der Waals surface area contributed by atoms with Crippen molar-refractivity contribution in [2.24, 2.45) is 0 Å². The SMILES string of the molecule is CC(C)(O)CNC(=O)c1cc(=O)[nH]c2ccccc12. The van der Waals surface area contributed by atoms with E-state index in [9.17, 15) is 14.7 Å². The molecule has 19 heavy (non-hydrogen) atoms. The van der Waals surface area contributed by atoms with Gasteiger partial charge in [0.2, 0.25) is 5.56 Å². The van der Waals surface area contributed by atoms with E-state index >= 15 is 0 Å². The lowest BCUT2D eigenvalue weighted by Crippen LogP contribution is -2.38. The van der Waals surface area contributed by atoms with E-state index in [0.717, 1.165) is 0 Å². The molecule has 2 aromatic rings. The molecule has 0 atom stereocenters. The molecule has 0 aliphatic heterocycles. The summed E-state index contributed by atoms with van der Waals surface area (Å²) >= 11 is 0. The Morgan fingerprint density at radius 1 is 1.37 bits per heavy atom. The summed E-state index contributed by atoms with van der Waals surface area (Å²) in [4.78, 5) is 26.3. The van der Waals surface area contributed by atoms with Gasteiger partial charge in [-0.25, -0.2) is 0 Å². The van der Waals surface area contributed by atoms with E-state index in [1.54, 1.807) is 38.1 Å². The van der Waals surface area contributed by atoms with Crippen molar-refractivity contribution >= 4 is 16.8 Å². The molecule has 0 saturated carbocycles. The molecular weight excluding hydrogens is 244 g/mol. The number of rotatable bonds is 3. The molecule has 0 saturated heterocycles. The number of fused-ring (bicyclic) bond motifs is 1. The number of H-pyrrole nitrogens is 1. The molecule has 0 aliphatic rings. The summed E-state index contributed by atoms with van der Waals surface area (Å²) in [6, 6.07) is 8.36. The highest BCUT2D eigenvalue weighted by atomic mass is 16.3. The maximum absolute atomic E-state index is 12.1. The molecule has 1 aromatic carbocycles. The molecule has 0 fully saturated rings. The van der Waals surface area contributed by atoms with Gasteiger partial charge in [0.25, 0.3) is 5.91 Å². The van der Waals surface area contributed by atoms with Crippen LogP contribution in [0.2, 0.25) is 0 Å². The van der Waals surface area contributed by atoms with Crippen molar-refractivity contribution in [3.63, 3.8) is 0 Å². The van der Waals surface area contributed by atoms with Crippen LogP contribution in [0.15, 0.2) is 35.1 Å². The van der Waals surface area contributed by atoms with Crippen LogP contribution in [0.25, 0.3) is 10.9 Å². The zero-order chi connectivity index (χ0) is 14.0. The quantitative estimate of drug-likeness (QED) is 0.770. The third-order valence-corrected chi connectivity index (χ3v) is 2.68. The average molecular weight is 260 g/mol. The van der Waals surface area contributed by atoms with Gasteiger partial charge in [0.1, 0.15) is 0 Å². The van der Waals surface area contributed by atoms with Crippen LogP contribution in [-0.4, -0.2) is 28.1 Å². The van der Waals surface area contributed by atoms with E-state index in [4.69, 9.17) is 0 Å². The fourth-order valence-corrected chi connectivity index (χ4v) is 1.78. The molecule has 0 radical (unpaired) electrons. The average Bonchev–Trinajstić information content (AvgIpc) is 2.34. The zero-order valence-electron chi connectivity index (χ0n) is 10.9. The summed E-state index contributed by atoms with van der Waals surface area (Å²) in [5.41, 5.74) is -0.397. The van der Waals surface area contributed by atoms with Gasteiger partial charge in [-0.2, -0.15) is 0 Å². The Labute approximate surface area is 110 Å². The van der Waals surface area contributed by atoms with Gasteiger partial charge in [-0.05, 0) is 19.9 Å². The molecule has 5 heteroatoms. The number of pyridine rings is 1. The molecule has 100 valence electrons. The number of nitrogens with one attached hydrogen (secondary N) is 2. The van der Waals surface area contributed by atoms with E-state index in [0.29, 0.717) is 16.5 Å². The Balaban J connectivity index is 2.39. The Hall–Kier alpha value is -2.14. The topological polar surface area (TPSA) is 82.2 Å². The number of aromatic nitrogens is 1. The number of amides is 1. The molecule has 5 nitrogen and oxygen atoms in total. The van der Waals surface area contributed by atoms with Crippen LogP contribution in [0, 0.1) is 0 Å². The fourth-order valence-electron chi connectivity index (χ4n) is 1.78. The van der Waals surface area contributed by atoms with Gasteiger partial charge < -0.3 is 15.4 Å². The third-order valence-electron chi connectivity index (χ3n) is 2.68. The van der Waals surface area contributed by atoms with Crippen molar-refractivity contribution in [2.45, 2.75) is 19.4 Å². The monoisotopic (exact) mass is 260 g/mol. The number of aliphatic hydroxyl groups is 1. The van der Waals surface area contributed by atoms with Crippen LogP contribution in [-0.2, 0) is 0 Å². The number of para-hydroxylation sites is 1. The van der Waals surface area contributed by atoms with Gasteiger partial charge in [0.05, 0.1) is 11.2 Å². The van der Waals surface area contributed by atoms with Crippen LogP contribution in [0.5, 0.6) is 0 Å². The highest BCUT2D eigenvalue weighted by molar-refractivity contribution is 6.05. The van der Waals surface area contributed by atoms with Crippen molar-refractivity contribution in [3.8, 4) is 0 Å². The lowest BCUT2D eigenvalue weighted by molar-refractivity contribution is 0.0695. The minimum atomic E-state index is -0.993. The van der Waals surface area contributed by atoms with Gasteiger partial charge in [-0.3, -0.25) is 9.59 Å². The normalized spacial score (nSPS) is 11.5. The highest BCUT2D eigenvalue weighted by Gasteiger charge is 2.16. The summed E-state index contributed by atoms with van der Waals surface area (Å²) in [6.45, 7) is 3.32. The number of carbonyl (C=O) groups is 1. The first-order valence-corrected chi connectivity index (χ1v) is 5.99. The second kappa shape index (κ2) is 4.85. The van der Waals surface area contributed by atoms with E-state index in [2.05, 4.69) is 10.3 Å². The van der Waals surface area contributed by atoms with E-state index in [-0.39, 0.29) is 18.0 Å². The Kier molecular flexibility index (Phi) is 3.40. The van der Waals surface area contributed by atoms with Crippen LogP contribution in [0.3, 0.4) is 0 Å². The lowest BCUT2D eigenvalue weighted by atomic mass is 10.1. The molecule has 0 unspecified atom stereocenters. The second-order valence-electron chi connectivity index (χ2n) is 5.09. The molecule has 0 bridgehead atoms. The van der Waals surface area contributed by atoms with Crippen molar-refractivity contribution in [2.75, 3.05) is 6.54 Å². The summed E-state index contributed by atoms with van der Waals surface area (Å²) in [5.74, 6) is -0.371. The van der Waals surface area contributed by atoms with Crippen LogP contribution >= 0.6 is 0 Å². The Morgan fingerprint density at radius 3 is 2.74 bits per heavy atom. The van der Waals surface area contributed by atoms with Gasteiger partial charge in [-0.15, -0.1) is 0 Å². The summed E-state index contributed by atoms with van der Waals surface area (Å²) in [7, 11) is 0. The first kappa shape index (κ1) is 13.3. The number of hydrogen-bond donors (Lipinski definition) is 3. The van der Waals surface area contributed by atoms with Gasteiger partial charge >= 0.3 is 0 Å². The van der Waals surface area contributed by atoms with Crippen molar-refractivity contribution in [1.29, 1.82) is 0 Å². The predicted octanol–water partition coefficient (Wildman–Crippen LogP) is 1.03. The maximum Gasteiger partial charge on any atom is 0.252 e. The number of benzene rings is 1.